The van der Waals surface area contributed by atoms with Crippen molar-refractivity contribution in [3.63, 3.8) is 0 Å². The summed E-state index contributed by atoms with van der Waals surface area (Å²) in [5.74, 6) is -0.212. The Morgan fingerprint density at radius 3 is 2.67 bits per heavy atom. The van der Waals surface area contributed by atoms with Gasteiger partial charge >= 0.3 is 6.03 Å². The molecule has 98 valence electrons. The molecule has 0 aliphatic carbocycles. The Hall–Kier alpha value is -1.70. The molecule has 18 heavy (non-hydrogen) atoms. The predicted molar refractivity (Wildman–Crippen MR) is 67.2 cm³/mol. The van der Waals surface area contributed by atoms with E-state index >= 15 is 0 Å². The maximum atomic E-state index is 12.1. The monoisotopic (exact) mass is 269 g/mol. The molecule has 2 heterocycles. The smallest absolute Gasteiger partial charge is 0.325 e. The number of carbonyl (C=O) groups excluding carboxylic acids is 2. The number of hydrogen-bond acceptors (Lipinski definition) is 6. The maximum Gasteiger partial charge on any atom is 0.325 e. The Labute approximate surface area is 109 Å². The van der Waals surface area contributed by atoms with Gasteiger partial charge in [-0.15, -0.1) is 10.2 Å². The predicted octanol–water partition coefficient (Wildman–Crippen LogP) is 0.800. The zero-order chi connectivity index (χ0) is 13.3. The number of aromatic nitrogens is 2. The van der Waals surface area contributed by atoms with Gasteiger partial charge in [0.25, 0.3) is 5.91 Å². The molecule has 7 nitrogen and oxygen atoms in total. The highest BCUT2D eigenvalue weighted by molar-refractivity contribution is 7.15. The molecule has 1 aliphatic heterocycles. The van der Waals surface area contributed by atoms with Crippen molar-refractivity contribution in [1.82, 2.24) is 20.4 Å². The van der Waals surface area contributed by atoms with E-state index in [9.17, 15) is 9.59 Å². The van der Waals surface area contributed by atoms with Gasteiger partial charge in [-0.2, -0.15) is 0 Å². The molecule has 0 spiro atoms. The van der Waals surface area contributed by atoms with Crippen molar-refractivity contribution in [3.8, 4) is 0 Å². The van der Waals surface area contributed by atoms with Crippen LogP contribution in [0.1, 0.15) is 25.3 Å². The van der Waals surface area contributed by atoms with Gasteiger partial charge in [0.1, 0.15) is 10.5 Å². The van der Waals surface area contributed by atoms with Gasteiger partial charge in [0, 0.05) is 7.05 Å². The number of anilines is 1. The second-order valence-electron chi connectivity index (χ2n) is 4.26. The third kappa shape index (κ3) is 2.03. The lowest BCUT2D eigenvalue weighted by atomic mass is 9.99. The largest absolute Gasteiger partial charge is 0.363 e. The fourth-order valence-corrected chi connectivity index (χ4v) is 2.37. The van der Waals surface area contributed by atoms with Crippen molar-refractivity contribution in [2.24, 2.45) is 0 Å². The number of carbonyl (C=O) groups is 2. The SMILES string of the molecule is CCC1(C)NC(=O)N(Cc2nnc(NC)s2)C1=O. The molecule has 0 saturated carbocycles. The van der Waals surface area contributed by atoms with E-state index in [0.29, 0.717) is 16.6 Å². The highest BCUT2D eigenvalue weighted by atomic mass is 32.1. The second kappa shape index (κ2) is 4.52. The van der Waals surface area contributed by atoms with Crippen LogP contribution in [0.3, 0.4) is 0 Å². The third-order valence-corrected chi connectivity index (χ3v) is 3.95. The van der Waals surface area contributed by atoms with Crippen LogP contribution in [0.2, 0.25) is 0 Å². The topological polar surface area (TPSA) is 87.2 Å². The van der Waals surface area contributed by atoms with Crippen molar-refractivity contribution >= 4 is 28.4 Å². The standard InChI is InChI=1S/C10H15N5O2S/c1-4-10(2)7(16)15(9(17)12-10)5-6-13-14-8(11-3)18-6/h4-5H2,1-3H3,(H,11,14)(H,12,17). The highest BCUT2D eigenvalue weighted by Crippen LogP contribution is 2.24. The van der Waals surface area contributed by atoms with Crippen LogP contribution in [0.5, 0.6) is 0 Å². The van der Waals surface area contributed by atoms with Crippen LogP contribution >= 0.6 is 11.3 Å². The summed E-state index contributed by atoms with van der Waals surface area (Å²) >= 11 is 1.32. The quantitative estimate of drug-likeness (QED) is 0.789. The molecule has 1 aromatic rings. The van der Waals surface area contributed by atoms with Crippen LogP contribution in [-0.2, 0) is 11.3 Å². The summed E-state index contributed by atoms with van der Waals surface area (Å²) in [7, 11) is 1.74. The van der Waals surface area contributed by atoms with E-state index in [-0.39, 0.29) is 18.5 Å². The van der Waals surface area contributed by atoms with Gasteiger partial charge in [0.15, 0.2) is 0 Å². The average molecular weight is 269 g/mol. The Bertz CT molecular complexity index is 488. The molecule has 0 bridgehead atoms. The van der Waals surface area contributed by atoms with Crippen LogP contribution in [0.15, 0.2) is 0 Å². The number of hydrogen-bond donors (Lipinski definition) is 2. The number of amides is 3. The molecule has 1 unspecified atom stereocenters. The van der Waals surface area contributed by atoms with E-state index in [1.54, 1.807) is 14.0 Å². The first-order valence-corrected chi connectivity index (χ1v) is 6.46. The van der Waals surface area contributed by atoms with Crippen LogP contribution in [0, 0.1) is 0 Å². The summed E-state index contributed by atoms with van der Waals surface area (Å²) < 4.78 is 0. The fourth-order valence-electron chi connectivity index (χ4n) is 1.68. The first kappa shape index (κ1) is 12.7. The lowest BCUT2D eigenvalue weighted by Gasteiger charge is -2.18. The molecule has 1 fully saturated rings. The van der Waals surface area contributed by atoms with E-state index in [1.807, 2.05) is 6.92 Å². The van der Waals surface area contributed by atoms with Crippen LogP contribution in [-0.4, -0.2) is 39.6 Å². The zero-order valence-corrected chi connectivity index (χ0v) is 11.3. The third-order valence-electron chi connectivity index (χ3n) is 3.03. The number of urea groups is 1. The molecule has 0 radical (unpaired) electrons. The number of nitrogens with one attached hydrogen (secondary N) is 2. The van der Waals surface area contributed by atoms with E-state index in [1.165, 1.54) is 16.2 Å². The Balaban J connectivity index is 2.14. The molecule has 0 aromatic carbocycles. The Morgan fingerprint density at radius 1 is 1.44 bits per heavy atom. The van der Waals surface area contributed by atoms with Gasteiger partial charge in [-0.05, 0) is 13.3 Å². The normalized spacial score (nSPS) is 23.4. The molecule has 1 atom stereocenters. The number of nitrogens with zero attached hydrogens (tertiary/aromatic N) is 3. The molecular formula is C10H15N5O2S. The maximum absolute atomic E-state index is 12.1. The Kier molecular flexibility index (Phi) is 3.20. The van der Waals surface area contributed by atoms with E-state index < -0.39 is 5.54 Å². The van der Waals surface area contributed by atoms with Gasteiger partial charge in [0.05, 0.1) is 6.54 Å². The molecule has 3 amide bonds. The van der Waals surface area contributed by atoms with E-state index in [2.05, 4.69) is 20.8 Å². The Morgan fingerprint density at radius 2 is 2.17 bits per heavy atom. The van der Waals surface area contributed by atoms with E-state index in [0.717, 1.165) is 0 Å². The molecule has 8 heteroatoms. The fraction of sp³-hybridized carbons (Fsp3) is 0.600. The first-order chi connectivity index (χ1) is 8.50. The molecule has 1 saturated heterocycles. The van der Waals surface area contributed by atoms with Gasteiger partial charge in [-0.25, -0.2) is 4.79 Å². The molecule has 1 aromatic heterocycles. The van der Waals surface area contributed by atoms with Crippen LogP contribution in [0.4, 0.5) is 9.93 Å². The van der Waals surface area contributed by atoms with Crippen molar-refractivity contribution in [1.29, 1.82) is 0 Å². The van der Waals surface area contributed by atoms with Gasteiger partial charge in [-0.1, -0.05) is 18.3 Å². The van der Waals surface area contributed by atoms with Gasteiger partial charge in [-0.3, -0.25) is 9.69 Å². The summed E-state index contributed by atoms with van der Waals surface area (Å²) in [5, 5.41) is 14.6. The summed E-state index contributed by atoms with van der Waals surface area (Å²) in [6.07, 6.45) is 0.561. The summed E-state index contributed by atoms with van der Waals surface area (Å²) in [6, 6.07) is -0.370. The average Bonchev–Trinajstić information content (AvgIpc) is 2.89. The second-order valence-corrected chi connectivity index (χ2v) is 5.32. The van der Waals surface area contributed by atoms with Crippen LogP contribution < -0.4 is 10.6 Å². The number of imide groups is 1. The first-order valence-electron chi connectivity index (χ1n) is 5.64. The zero-order valence-electron chi connectivity index (χ0n) is 10.5. The van der Waals surface area contributed by atoms with Crippen molar-refractivity contribution in [2.75, 3.05) is 12.4 Å². The molecule has 2 N–H and O–H groups in total. The summed E-state index contributed by atoms with van der Waals surface area (Å²) in [6.45, 7) is 3.76. The summed E-state index contributed by atoms with van der Waals surface area (Å²) in [5.41, 5.74) is -0.798. The minimum absolute atomic E-state index is 0.166. The van der Waals surface area contributed by atoms with Crippen molar-refractivity contribution in [2.45, 2.75) is 32.4 Å². The lowest BCUT2D eigenvalue weighted by Crippen LogP contribution is -2.43. The summed E-state index contributed by atoms with van der Waals surface area (Å²) in [4.78, 5) is 25.1. The van der Waals surface area contributed by atoms with Gasteiger partial charge in [0.2, 0.25) is 5.13 Å². The van der Waals surface area contributed by atoms with Crippen molar-refractivity contribution < 1.29 is 9.59 Å². The highest BCUT2D eigenvalue weighted by Gasteiger charge is 2.46. The van der Waals surface area contributed by atoms with E-state index in [4.69, 9.17) is 0 Å². The molecule has 1 aliphatic rings. The van der Waals surface area contributed by atoms with Crippen LogP contribution in [0.25, 0.3) is 0 Å². The molecule has 2 rings (SSSR count). The minimum atomic E-state index is -0.798. The molecular weight excluding hydrogens is 254 g/mol. The van der Waals surface area contributed by atoms with Gasteiger partial charge < -0.3 is 10.6 Å². The van der Waals surface area contributed by atoms with Crippen molar-refractivity contribution in [3.05, 3.63) is 5.01 Å². The minimum Gasteiger partial charge on any atom is -0.363 e. The number of rotatable bonds is 4. The lowest BCUT2D eigenvalue weighted by molar-refractivity contribution is -0.131.